The molecule has 0 aliphatic carbocycles. The second-order valence-electron chi connectivity index (χ2n) is 0. The van der Waals surface area contributed by atoms with E-state index >= 15 is 0 Å². The molecular weight excluding hydrogens is 434 g/mol. The van der Waals surface area contributed by atoms with Crippen LogP contribution in [0.5, 0.6) is 0 Å². The van der Waals surface area contributed by atoms with E-state index in [1.165, 1.54) is 0 Å². The Morgan fingerprint density at radius 3 is 1.00 bits per heavy atom. The molecule has 0 spiro atoms. The van der Waals surface area contributed by atoms with Crippen molar-refractivity contribution in [1.82, 2.24) is 0 Å². The predicted octanol–water partition coefficient (Wildman–Crippen LogP) is -0.767. The van der Waals surface area contributed by atoms with Gasteiger partial charge in [0.25, 0.3) is 0 Å². The van der Waals surface area contributed by atoms with E-state index in [2.05, 4.69) is 0 Å². The maximum Gasteiger partial charge on any atom is 0 e. The summed E-state index contributed by atoms with van der Waals surface area (Å²) < 4.78 is 0. The van der Waals surface area contributed by atoms with Gasteiger partial charge >= 0.3 is 0 Å². The minimum atomic E-state index is 0. The van der Waals surface area contributed by atoms with Gasteiger partial charge in [-0.3, -0.25) is 0 Å². The third kappa shape index (κ3) is 9.35. The Labute approximate surface area is 117 Å². The molecule has 0 saturated carbocycles. The fourth-order valence-corrected chi connectivity index (χ4v) is 0. The second-order valence-corrected chi connectivity index (χ2v) is 0. The first-order valence-electron chi connectivity index (χ1n) is 0. The summed E-state index contributed by atoms with van der Waals surface area (Å²) in [5, 5.41) is 0. The summed E-state index contributed by atoms with van der Waals surface area (Å²) in [7, 11) is 0. The first-order valence-corrected chi connectivity index (χ1v) is 0. The maximum atomic E-state index is 0. The molecule has 0 atom stereocenters. The van der Waals surface area contributed by atoms with E-state index in [-0.39, 0.29) is 121 Å². The van der Waals surface area contributed by atoms with Crippen LogP contribution in [0.15, 0.2) is 0 Å². The standard InChI is InChI=1S/Ba.Mg.Ta.Zr. The molecule has 0 rings (SSSR count). The van der Waals surface area contributed by atoms with Crippen LogP contribution in [0.1, 0.15) is 0 Å². The van der Waals surface area contributed by atoms with Crippen molar-refractivity contribution in [3.05, 3.63) is 0 Å². The molecule has 0 aliphatic heterocycles. The number of hydrogen-bond donors (Lipinski definition) is 0. The van der Waals surface area contributed by atoms with Crippen LogP contribution in [0.4, 0.5) is 0 Å². The molecule has 13 valence electrons. The summed E-state index contributed by atoms with van der Waals surface area (Å²) in [5.74, 6) is 0. The maximum absolute atomic E-state index is 0. The average Bonchev–Trinajstić information content (AvgIpc) is 0. The second kappa shape index (κ2) is 15.8. The molecule has 0 aromatic carbocycles. The van der Waals surface area contributed by atoms with Crippen LogP contribution in [0.2, 0.25) is 0 Å². The summed E-state index contributed by atoms with van der Waals surface area (Å²) in [6.07, 6.45) is 0. The van der Waals surface area contributed by atoms with E-state index in [1.54, 1.807) is 0 Å². The van der Waals surface area contributed by atoms with Gasteiger partial charge in [-0.1, -0.05) is 0 Å². The molecule has 5 radical (unpaired) electrons. The van der Waals surface area contributed by atoms with Crippen LogP contribution in [-0.2, 0) is 48.6 Å². The van der Waals surface area contributed by atoms with Crippen molar-refractivity contribution in [1.29, 1.82) is 0 Å². The Morgan fingerprint density at radius 2 is 1.00 bits per heavy atom. The first kappa shape index (κ1) is 24.6. The molecule has 0 amide bonds. The smallest absolute Gasteiger partial charge is 0 e. The predicted molar refractivity (Wildman–Crippen MR) is 11.5 cm³/mol. The van der Waals surface area contributed by atoms with E-state index < -0.39 is 0 Å². The Bertz CT molecular complexity index is 8.00. The quantitative estimate of drug-likeness (QED) is 0.440. The topological polar surface area (TPSA) is 0 Å². The van der Waals surface area contributed by atoms with E-state index in [1.807, 2.05) is 0 Å². The van der Waals surface area contributed by atoms with Gasteiger partial charge < -0.3 is 0 Å². The number of hydrogen-bond acceptors (Lipinski definition) is 0. The Kier molecular flexibility index (Phi) is 96.9. The zero-order valence-corrected chi connectivity index (χ0v) is 13.9. The third-order valence-electron chi connectivity index (χ3n) is 0. The Balaban J connectivity index is 0. The normalized spacial score (nSPS) is 0. The zero-order chi connectivity index (χ0) is 0. The zero-order valence-electron chi connectivity index (χ0n) is 2.36. The fourth-order valence-electron chi connectivity index (χ4n) is 0. The van der Waals surface area contributed by atoms with Gasteiger partial charge in [0.1, 0.15) is 0 Å². The summed E-state index contributed by atoms with van der Waals surface area (Å²) in [4.78, 5) is 0. The van der Waals surface area contributed by atoms with Gasteiger partial charge in [0.05, 0.1) is 0 Å². The Morgan fingerprint density at radius 1 is 1.00 bits per heavy atom. The monoisotopic (exact) mass is 433 g/mol. The molecule has 0 fully saturated rings. The van der Waals surface area contributed by atoms with Crippen molar-refractivity contribution >= 4 is 71.9 Å². The van der Waals surface area contributed by atoms with Crippen molar-refractivity contribution in [2.75, 3.05) is 0 Å². The van der Waals surface area contributed by atoms with Crippen LogP contribution in [-0.4, -0.2) is 71.9 Å². The molecular formula is BaMgTaZr. The van der Waals surface area contributed by atoms with E-state index in [9.17, 15) is 0 Å². The first-order chi connectivity index (χ1) is 0. The van der Waals surface area contributed by atoms with Crippen molar-refractivity contribution < 1.29 is 48.6 Å². The van der Waals surface area contributed by atoms with Crippen molar-refractivity contribution in [2.24, 2.45) is 0 Å². The molecule has 0 aliphatic rings. The van der Waals surface area contributed by atoms with Gasteiger partial charge in [-0.15, -0.1) is 0 Å². The minimum absolute atomic E-state index is 0. The van der Waals surface area contributed by atoms with Gasteiger partial charge in [-0.2, -0.15) is 0 Å². The summed E-state index contributed by atoms with van der Waals surface area (Å²) >= 11 is 0. The summed E-state index contributed by atoms with van der Waals surface area (Å²) in [6.45, 7) is 0. The molecule has 4 heteroatoms. The Hall–Kier alpha value is 3.96. The van der Waals surface area contributed by atoms with Gasteiger partial charge in [0.15, 0.2) is 0 Å². The van der Waals surface area contributed by atoms with Gasteiger partial charge in [-0.25, -0.2) is 0 Å². The van der Waals surface area contributed by atoms with Crippen LogP contribution in [0.3, 0.4) is 0 Å². The molecule has 0 heterocycles. The fraction of sp³-hybridized carbons (Fsp3) is 0. The average molecular weight is 434 g/mol. The van der Waals surface area contributed by atoms with E-state index in [4.69, 9.17) is 0 Å². The number of rotatable bonds is 0. The van der Waals surface area contributed by atoms with Crippen LogP contribution in [0, 0.1) is 0 Å². The minimum Gasteiger partial charge on any atom is 0 e. The van der Waals surface area contributed by atoms with Gasteiger partial charge in [-0.05, 0) is 0 Å². The van der Waals surface area contributed by atoms with Gasteiger partial charge in [0.2, 0.25) is 0 Å². The molecule has 4 heavy (non-hydrogen) atoms. The molecule has 0 aromatic heterocycles. The SMILES string of the molecule is [Ba].[Mg].[Ta].[Zr]. The van der Waals surface area contributed by atoms with E-state index in [0.29, 0.717) is 0 Å². The van der Waals surface area contributed by atoms with Crippen molar-refractivity contribution in [3.63, 3.8) is 0 Å². The van der Waals surface area contributed by atoms with E-state index in [0.717, 1.165) is 0 Å². The van der Waals surface area contributed by atoms with Gasteiger partial charge in [0, 0.05) is 121 Å². The van der Waals surface area contributed by atoms with Crippen molar-refractivity contribution in [2.45, 2.75) is 0 Å². The molecule has 0 bridgehead atoms. The largest absolute Gasteiger partial charge is 0 e. The summed E-state index contributed by atoms with van der Waals surface area (Å²) in [5.41, 5.74) is 0. The van der Waals surface area contributed by atoms with Crippen LogP contribution in [0.25, 0.3) is 0 Å². The summed E-state index contributed by atoms with van der Waals surface area (Å²) in [6, 6.07) is 0. The third-order valence-corrected chi connectivity index (χ3v) is 0. The molecule has 0 aromatic rings. The van der Waals surface area contributed by atoms with Crippen LogP contribution < -0.4 is 0 Å². The molecule has 0 nitrogen and oxygen atoms in total. The van der Waals surface area contributed by atoms with Crippen LogP contribution >= 0.6 is 0 Å². The van der Waals surface area contributed by atoms with Crippen molar-refractivity contribution in [3.8, 4) is 0 Å². The molecule has 0 unspecified atom stereocenters. The molecule has 0 saturated heterocycles. The molecule has 0 N–H and O–H groups in total.